The molecule has 0 spiro atoms. The molecule has 94 valence electrons. The highest BCUT2D eigenvalue weighted by atomic mass is 16.5. The summed E-state index contributed by atoms with van der Waals surface area (Å²) in [5, 5.41) is 3.09. The summed E-state index contributed by atoms with van der Waals surface area (Å²) >= 11 is 0. The zero-order valence-corrected chi connectivity index (χ0v) is 10.5. The van der Waals surface area contributed by atoms with Crippen LogP contribution in [0.4, 0.5) is 0 Å². The molecule has 1 saturated carbocycles. The first kappa shape index (κ1) is 13.5. The molecule has 4 nitrogen and oxygen atoms in total. The zero-order valence-electron chi connectivity index (χ0n) is 10.5. The van der Waals surface area contributed by atoms with E-state index in [1.807, 2.05) is 11.9 Å². The molecular weight excluding hydrogens is 204 g/mol. The second-order valence-electron chi connectivity index (χ2n) is 4.47. The van der Waals surface area contributed by atoms with E-state index in [2.05, 4.69) is 5.32 Å². The molecule has 1 amide bonds. The van der Waals surface area contributed by atoms with Crippen molar-refractivity contribution in [1.29, 1.82) is 0 Å². The molecule has 0 aromatic carbocycles. The van der Waals surface area contributed by atoms with Gasteiger partial charge in [0.1, 0.15) is 0 Å². The molecule has 0 aromatic heterocycles. The van der Waals surface area contributed by atoms with Gasteiger partial charge < -0.3 is 15.0 Å². The summed E-state index contributed by atoms with van der Waals surface area (Å²) in [5.74, 6) is 0.197. The first-order chi connectivity index (χ1) is 7.75. The molecule has 0 heterocycles. The first-order valence-corrected chi connectivity index (χ1v) is 6.21. The quantitative estimate of drug-likeness (QED) is 0.690. The smallest absolute Gasteiger partial charge is 0.236 e. The van der Waals surface area contributed by atoms with E-state index in [1.54, 1.807) is 7.11 Å². The van der Waals surface area contributed by atoms with Gasteiger partial charge in [-0.15, -0.1) is 0 Å². The molecule has 0 radical (unpaired) electrons. The predicted octanol–water partition coefficient (Wildman–Crippen LogP) is 1.01. The van der Waals surface area contributed by atoms with Gasteiger partial charge in [0.25, 0.3) is 0 Å². The van der Waals surface area contributed by atoms with Gasteiger partial charge in [-0.25, -0.2) is 0 Å². The molecular formula is C12H24N2O2. The van der Waals surface area contributed by atoms with Crippen molar-refractivity contribution in [2.24, 2.45) is 0 Å². The average Bonchev–Trinajstić information content (AvgIpc) is 2.34. The standard InChI is InChI=1S/C12H24N2O2/c1-14(11-6-4-3-5-7-11)12(15)10-13-8-9-16-2/h11,13H,3-10H2,1-2H3. The zero-order chi connectivity index (χ0) is 11.8. The van der Waals surface area contributed by atoms with Crippen LogP contribution in [-0.4, -0.2) is 50.7 Å². The summed E-state index contributed by atoms with van der Waals surface area (Å²) in [6, 6.07) is 0.463. The molecule has 0 saturated heterocycles. The van der Waals surface area contributed by atoms with Crippen LogP contribution >= 0.6 is 0 Å². The van der Waals surface area contributed by atoms with E-state index in [4.69, 9.17) is 4.74 Å². The highest BCUT2D eigenvalue weighted by Crippen LogP contribution is 2.21. The number of nitrogens with zero attached hydrogens (tertiary/aromatic N) is 1. The molecule has 0 unspecified atom stereocenters. The lowest BCUT2D eigenvalue weighted by Gasteiger charge is -2.31. The molecule has 1 fully saturated rings. The van der Waals surface area contributed by atoms with Gasteiger partial charge in [0.05, 0.1) is 13.2 Å². The number of ether oxygens (including phenoxy) is 1. The van der Waals surface area contributed by atoms with E-state index in [0.29, 0.717) is 19.2 Å². The van der Waals surface area contributed by atoms with Gasteiger partial charge in [-0.3, -0.25) is 4.79 Å². The number of carbonyl (C=O) groups excluding carboxylic acids is 1. The highest BCUT2D eigenvalue weighted by molar-refractivity contribution is 5.78. The largest absolute Gasteiger partial charge is 0.383 e. The minimum Gasteiger partial charge on any atom is -0.383 e. The van der Waals surface area contributed by atoms with Crippen LogP contribution in [0.25, 0.3) is 0 Å². The SMILES string of the molecule is COCCNCC(=O)N(C)C1CCCCC1. The second-order valence-corrected chi connectivity index (χ2v) is 4.47. The summed E-state index contributed by atoms with van der Waals surface area (Å²) < 4.78 is 4.91. The number of hydrogen-bond donors (Lipinski definition) is 1. The Morgan fingerprint density at radius 3 is 2.69 bits per heavy atom. The van der Waals surface area contributed by atoms with E-state index in [-0.39, 0.29) is 5.91 Å². The molecule has 1 rings (SSSR count). The number of amides is 1. The van der Waals surface area contributed by atoms with Gasteiger partial charge in [0.15, 0.2) is 0 Å². The third-order valence-electron chi connectivity index (χ3n) is 3.27. The number of methoxy groups -OCH3 is 1. The molecule has 0 bridgehead atoms. The van der Waals surface area contributed by atoms with Crippen LogP contribution in [0.3, 0.4) is 0 Å². The molecule has 0 aliphatic heterocycles. The van der Waals surface area contributed by atoms with Gasteiger partial charge in [-0.1, -0.05) is 19.3 Å². The highest BCUT2D eigenvalue weighted by Gasteiger charge is 2.21. The van der Waals surface area contributed by atoms with Crippen LogP contribution in [0.15, 0.2) is 0 Å². The van der Waals surface area contributed by atoms with Crippen LogP contribution in [0.2, 0.25) is 0 Å². The third-order valence-corrected chi connectivity index (χ3v) is 3.27. The van der Waals surface area contributed by atoms with E-state index < -0.39 is 0 Å². The fourth-order valence-electron chi connectivity index (χ4n) is 2.17. The molecule has 1 N–H and O–H groups in total. The van der Waals surface area contributed by atoms with Crippen molar-refractivity contribution in [2.45, 2.75) is 38.1 Å². The molecule has 16 heavy (non-hydrogen) atoms. The summed E-state index contributed by atoms with van der Waals surface area (Å²) in [7, 11) is 3.59. The van der Waals surface area contributed by atoms with E-state index in [9.17, 15) is 4.79 Å². The molecule has 1 aliphatic rings. The van der Waals surface area contributed by atoms with E-state index in [1.165, 1.54) is 32.1 Å². The first-order valence-electron chi connectivity index (χ1n) is 6.21. The summed E-state index contributed by atoms with van der Waals surface area (Å²) in [6.07, 6.45) is 6.18. The molecule has 4 heteroatoms. The van der Waals surface area contributed by atoms with Gasteiger partial charge in [0, 0.05) is 26.7 Å². The Morgan fingerprint density at radius 1 is 1.38 bits per heavy atom. The lowest BCUT2D eigenvalue weighted by Crippen LogP contribution is -2.43. The summed E-state index contributed by atoms with van der Waals surface area (Å²) in [4.78, 5) is 13.7. The number of hydrogen-bond acceptors (Lipinski definition) is 3. The lowest BCUT2D eigenvalue weighted by atomic mass is 9.94. The number of nitrogens with one attached hydrogen (secondary N) is 1. The molecule has 0 atom stereocenters. The minimum absolute atomic E-state index is 0.197. The van der Waals surface area contributed by atoms with Crippen molar-refractivity contribution in [3.63, 3.8) is 0 Å². The Labute approximate surface area is 98.3 Å². The van der Waals surface area contributed by atoms with Crippen molar-refractivity contribution in [1.82, 2.24) is 10.2 Å². The fraction of sp³-hybridized carbons (Fsp3) is 0.917. The normalized spacial score (nSPS) is 17.4. The average molecular weight is 228 g/mol. The number of carbonyl (C=O) groups is 1. The van der Waals surface area contributed by atoms with Crippen molar-refractivity contribution < 1.29 is 9.53 Å². The Hall–Kier alpha value is -0.610. The minimum atomic E-state index is 0.197. The van der Waals surface area contributed by atoms with Crippen LogP contribution in [-0.2, 0) is 9.53 Å². The van der Waals surface area contributed by atoms with E-state index >= 15 is 0 Å². The van der Waals surface area contributed by atoms with Gasteiger partial charge in [0.2, 0.25) is 5.91 Å². The van der Waals surface area contributed by atoms with Crippen LogP contribution in [0, 0.1) is 0 Å². The van der Waals surface area contributed by atoms with Crippen molar-refractivity contribution in [2.75, 3.05) is 33.9 Å². The van der Waals surface area contributed by atoms with Crippen molar-refractivity contribution in [3.8, 4) is 0 Å². The third kappa shape index (κ3) is 4.49. The van der Waals surface area contributed by atoms with Gasteiger partial charge >= 0.3 is 0 Å². The maximum Gasteiger partial charge on any atom is 0.236 e. The summed E-state index contributed by atoms with van der Waals surface area (Å²) in [5.41, 5.74) is 0. The Balaban J connectivity index is 2.18. The maximum atomic E-state index is 11.8. The maximum absolute atomic E-state index is 11.8. The Bertz CT molecular complexity index is 203. The predicted molar refractivity (Wildman–Crippen MR) is 64.4 cm³/mol. The Kier molecular flexibility index (Phi) is 6.42. The van der Waals surface area contributed by atoms with Crippen molar-refractivity contribution >= 4 is 5.91 Å². The summed E-state index contributed by atoms with van der Waals surface area (Å²) in [6.45, 7) is 1.82. The number of rotatable bonds is 6. The second kappa shape index (κ2) is 7.63. The fourth-order valence-corrected chi connectivity index (χ4v) is 2.17. The monoisotopic (exact) mass is 228 g/mol. The van der Waals surface area contributed by atoms with Gasteiger partial charge in [-0.05, 0) is 12.8 Å². The molecule has 0 aromatic rings. The van der Waals surface area contributed by atoms with Crippen LogP contribution in [0.1, 0.15) is 32.1 Å². The Morgan fingerprint density at radius 2 is 2.06 bits per heavy atom. The topological polar surface area (TPSA) is 41.6 Å². The van der Waals surface area contributed by atoms with Crippen LogP contribution in [0.5, 0.6) is 0 Å². The molecule has 1 aliphatic carbocycles. The van der Waals surface area contributed by atoms with Crippen LogP contribution < -0.4 is 5.32 Å². The lowest BCUT2D eigenvalue weighted by molar-refractivity contribution is -0.131. The number of likely N-dealkylation sites (N-methyl/N-ethyl adjacent to an activating group) is 1. The van der Waals surface area contributed by atoms with E-state index in [0.717, 1.165) is 6.54 Å². The van der Waals surface area contributed by atoms with Crippen molar-refractivity contribution in [3.05, 3.63) is 0 Å². The van der Waals surface area contributed by atoms with Gasteiger partial charge in [-0.2, -0.15) is 0 Å².